The van der Waals surface area contributed by atoms with E-state index in [1.165, 1.54) is 25.7 Å². The fraction of sp³-hybridized carbons (Fsp3) is 0.714. The standard InChI is InChI=1S/C14H24N4/c1-3-5-14(6-7-14)11-17-13-10-15-9-12(18-13)16-8-4-2/h9-10H,3-8,11H2,1-2H3,(H2,16,17,18). The van der Waals surface area contributed by atoms with E-state index < -0.39 is 0 Å². The molecule has 18 heavy (non-hydrogen) atoms. The number of rotatable bonds is 8. The summed E-state index contributed by atoms with van der Waals surface area (Å²) in [7, 11) is 0. The SMILES string of the molecule is CCCNc1cncc(NCC2(CCC)CC2)n1. The number of hydrogen-bond acceptors (Lipinski definition) is 4. The van der Waals surface area contributed by atoms with Crippen LogP contribution >= 0.6 is 0 Å². The van der Waals surface area contributed by atoms with Gasteiger partial charge >= 0.3 is 0 Å². The summed E-state index contributed by atoms with van der Waals surface area (Å²) >= 11 is 0. The van der Waals surface area contributed by atoms with Crippen LogP contribution in [0.3, 0.4) is 0 Å². The zero-order chi connectivity index (χ0) is 12.8. The van der Waals surface area contributed by atoms with E-state index in [0.717, 1.165) is 31.1 Å². The Labute approximate surface area is 110 Å². The average molecular weight is 248 g/mol. The molecule has 0 aromatic carbocycles. The summed E-state index contributed by atoms with van der Waals surface area (Å²) in [6.07, 6.45) is 9.98. The van der Waals surface area contributed by atoms with E-state index in [9.17, 15) is 0 Å². The zero-order valence-corrected chi connectivity index (χ0v) is 11.5. The van der Waals surface area contributed by atoms with Crippen LogP contribution in [0.4, 0.5) is 11.6 Å². The molecule has 0 spiro atoms. The molecule has 0 saturated heterocycles. The minimum Gasteiger partial charge on any atom is -0.369 e. The molecule has 4 heteroatoms. The molecule has 4 nitrogen and oxygen atoms in total. The number of hydrogen-bond donors (Lipinski definition) is 2. The second kappa shape index (κ2) is 6.03. The van der Waals surface area contributed by atoms with Crippen molar-refractivity contribution in [3.05, 3.63) is 12.4 Å². The summed E-state index contributed by atoms with van der Waals surface area (Å²) in [5.41, 5.74) is 0.545. The molecule has 2 N–H and O–H groups in total. The zero-order valence-electron chi connectivity index (χ0n) is 11.5. The van der Waals surface area contributed by atoms with Crippen LogP contribution in [-0.4, -0.2) is 23.1 Å². The molecular formula is C14H24N4. The minimum absolute atomic E-state index is 0.545. The summed E-state index contributed by atoms with van der Waals surface area (Å²) in [6.45, 7) is 6.38. The fourth-order valence-electron chi connectivity index (χ4n) is 2.29. The first-order valence-corrected chi connectivity index (χ1v) is 7.08. The van der Waals surface area contributed by atoms with Crippen LogP contribution in [0, 0.1) is 5.41 Å². The Morgan fingerprint density at radius 3 is 2.44 bits per heavy atom. The molecule has 1 fully saturated rings. The van der Waals surface area contributed by atoms with Gasteiger partial charge in [0, 0.05) is 13.1 Å². The van der Waals surface area contributed by atoms with Crippen LogP contribution in [0.5, 0.6) is 0 Å². The fourth-order valence-corrected chi connectivity index (χ4v) is 2.29. The first-order chi connectivity index (χ1) is 8.78. The van der Waals surface area contributed by atoms with Gasteiger partial charge < -0.3 is 10.6 Å². The van der Waals surface area contributed by atoms with Crippen molar-refractivity contribution in [2.24, 2.45) is 5.41 Å². The van der Waals surface area contributed by atoms with Gasteiger partial charge in [0.05, 0.1) is 12.4 Å². The normalized spacial score (nSPS) is 16.3. The van der Waals surface area contributed by atoms with Crippen LogP contribution < -0.4 is 10.6 Å². The molecule has 1 aliphatic rings. The van der Waals surface area contributed by atoms with Crippen molar-refractivity contribution >= 4 is 11.6 Å². The van der Waals surface area contributed by atoms with Gasteiger partial charge in [-0.25, -0.2) is 4.98 Å². The van der Waals surface area contributed by atoms with E-state index in [2.05, 4.69) is 34.4 Å². The van der Waals surface area contributed by atoms with E-state index >= 15 is 0 Å². The maximum absolute atomic E-state index is 4.52. The van der Waals surface area contributed by atoms with Gasteiger partial charge in [0.1, 0.15) is 11.6 Å². The summed E-state index contributed by atoms with van der Waals surface area (Å²) in [4.78, 5) is 8.73. The Bertz CT molecular complexity index is 374. The highest BCUT2D eigenvalue weighted by Crippen LogP contribution is 2.49. The van der Waals surface area contributed by atoms with Crippen LogP contribution in [0.15, 0.2) is 12.4 Å². The molecule has 2 rings (SSSR count). The second-order valence-corrected chi connectivity index (χ2v) is 5.32. The highest BCUT2D eigenvalue weighted by molar-refractivity contribution is 5.41. The second-order valence-electron chi connectivity index (χ2n) is 5.32. The maximum atomic E-state index is 4.52. The Hall–Kier alpha value is -1.32. The first-order valence-electron chi connectivity index (χ1n) is 7.08. The van der Waals surface area contributed by atoms with E-state index in [0.29, 0.717) is 5.41 Å². The first kappa shape index (κ1) is 13.1. The molecule has 100 valence electrons. The van der Waals surface area contributed by atoms with Gasteiger partial charge in [-0.1, -0.05) is 20.3 Å². The molecular weight excluding hydrogens is 224 g/mol. The Kier molecular flexibility index (Phi) is 4.39. The molecule has 1 aliphatic carbocycles. The van der Waals surface area contributed by atoms with Crippen molar-refractivity contribution in [1.82, 2.24) is 9.97 Å². The van der Waals surface area contributed by atoms with E-state index in [1.807, 2.05) is 0 Å². The summed E-state index contributed by atoms with van der Waals surface area (Å²) < 4.78 is 0. The van der Waals surface area contributed by atoms with Gasteiger partial charge in [0.25, 0.3) is 0 Å². The summed E-state index contributed by atoms with van der Waals surface area (Å²) in [5.74, 6) is 1.75. The Balaban J connectivity index is 1.85. The number of nitrogens with zero attached hydrogens (tertiary/aromatic N) is 2. The molecule has 1 aromatic heterocycles. The quantitative estimate of drug-likeness (QED) is 0.741. The van der Waals surface area contributed by atoms with Gasteiger partial charge in [-0.3, -0.25) is 4.98 Å². The monoisotopic (exact) mass is 248 g/mol. The van der Waals surface area contributed by atoms with Crippen molar-refractivity contribution in [2.75, 3.05) is 23.7 Å². The minimum atomic E-state index is 0.545. The number of nitrogens with one attached hydrogen (secondary N) is 2. The molecule has 0 atom stereocenters. The van der Waals surface area contributed by atoms with Crippen LogP contribution in [0.1, 0.15) is 46.0 Å². The van der Waals surface area contributed by atoms with Gasteiger partial charge in [-0.2, -0.15) is 0 Å². The van der Waals surface area contributed by atoms with Crippen LogP contribution in [0.2, 0.25) is 0 Å². The average Bonchev–Trinajstić information content (AvgIpc) is 3.15. The largest absolute Gasteiger partial charge is 0.369 e. The highest BCUT2D eigenvalue weighted by Gasteiger charge is 2.41. The predicted octanol–water partition coefficient (Wildman–Crippen LogP) is 3.29. The van der Waals surface area contributed by atoms with E-state index in [1.54, 1.807) is 12.4 Å². The lowest BCUT2D eigenvalue weighted by Gasteiger charge is -2.15. The van der Waals surface area contributed by atoms with E-state index in [4.69, 9.17) is 0 Å². The number of aromatic nitrogens is 2. The third-order valence-corrected chi connectivity index (χ3v) is 3.57. The molecule has 0 radical (unpaired) electrons. The third kappa shape index (κ3) is 3.59. The lowest BCUT2D eigenvalue weighted by atomic mass is 10.0. The molecule has 1 aromatic rings. The van der Waals surface area contributed by atoms with Gasteiger partial charge in [-0.05, 0) is 31.1 Å². The van der Waals surface area contributed by atoms with E-state index in [-0.39, 0.29) is 0 Å². The molecule has 0 unspecified atom stereocenters. The Morgan fingerprint density at radius 2 is 1.83 bits per heavy atom. The lowest BCUT2D eigenvalue weighted by molar-refractivity contribution is 0.485. The molecule has 1 saturated carbocycles. The van der Waals surface area contributed by atoms with Gasteiger partial charge in [0.15, 0.2) is 0 Å². The van der Waals surface area contributed by atoms with Crippen molar-refractivity contribution in [1.29, 1.82) is 0 Å². The number of anilines is 2. The lowest BCUT2D eigenvalue weighted by Crippen LogP contribution is -2.16. The topological polar surface area (TPSA) is 49.8 Å². The van der Waals surface area contributed by atoms with Crippen molar-refractivity contribution in [3.63, 3.8) is 0 Å². The predicted molar refractivity (Wildman–Crippen MR) is 75.9 cm³/mol. The summed E-state index contributed by atoms with van der Waals surface area (Å²) in [6, 6.07) is 0. The van der Waals surface area contributed by atoms with Crippen molar-refractivity contribution in [3.8, 4) is 0 Å². The van der Waals surface area contributed by atoms with Gasteiger partial charge in [0.2, 0.25) is 0 Å². The van der Waals surface area contributed by atoms with Crippen molar-refractivity contribution < 1.29 is 0 Å². The molecule has 0 amide bonds. The molecule has 0 aliphatic heterocycles. The van der Waals surface area contributed by atoms with Crippen molar-refractivity contribution in [2.45, 2.75) is 46.0 Å². The summed E-state index contributed by atoms with van der Waals surface area (Å²) in [5, 5.41) is 6.69. The van der Waals surface area contributed by atoms with Crippen LogP contribution in [0.25, 0.3) is 0 Å². The Morgan fingerprint density at radius 1 is 1.11 bits per heavy atom. The third-order valence-electron chi connectivity index (χ3n) is 3.57. The molecule has 1 heterocycles. The molecule has 0 bridgehead atoms. The maximum Gasteiger partial charge on any atom is 0.146 e. The van der Waals surface area contributed by atoms with Crippen LogP contribution in [-0.2, 0) is 0 Å². The highest BCUT2D eigenvalue weighted by atomic mass is 15.1. The smallest absolute Gasteiger partial charge is 0.146 e. The van der Waals surface area contributed by atoms with Gasteiger partial charge in [-0.15, -0.1) is 0 Å².